The summed E-state index contributed by atoms with van der Waals surface area (Å²) >= 11 is 0. The fourth-order valence-electron chi connectivity index (χ4n) is 2.43. The molecule has 1 unspecified atom stereocenters. The molecule has 0 saturated heterocycles. The van der Waals surface area contributed by atoms with Gasteiger partial charge in [0, 0.05) is 19.6 Å². The molecule has 0 aliphatic heterocycles. The predicted molar refractivity (Wildman–Crippen MR) is 87.3 cm³/mol. The van der Waals surface area contributed by atoms with Crippen LogP contribution in [0.1, 0.15) is 26.7 Å². The van der Waals surface area contributed by atoms with E-state index < -0.39 is 10.0 Å². The number of likely N-dealkylation sites (N-methyl/N-ethyl adjacent to an activating group) is 1. The second kappa shape index (κ2) is 6.98. The molecule has 1 atom stereocenters. The summed E-state index contributed by atoms with van der Waals surface area (Å²) in [6.07, 6.45) is 2.12. The topological polar surface area (TPSA) is 72.6 Å². The number of hydrogen-bond donors (Lipinski definition) is 1. The van der Waals surface area contributed by atoms with Crippen molar-refractivity contribution in [1.29, 1.82) is 0 Å². The van der Waals surface area contributed by atoms with Gasteiger partial charge in [-0.2, -0.15) is 4.31 Å². The number of nitrogens with zero attached hydrogens (tertiary/aromatic N) is 1. The third-order valence-corrected chi connectivity index (χ3v) is 5.86. The maximum Gasteiger partial charge on any atom is 0.243 e. The summed E-state index contributed by atoms with van der Waals surface area (Å²) < 4.78 is 32.4. The first-order valence-electron chi connectivity index (χ1n) is 7.77. The van der Waals surface area contributed by atoms with Crippen molar-refractivity contribution in [3.63, 3.8) is 0 Å². The lowest BCUT2D eigenvalue weighted by molar-refractivity contribution is 0.271. The van der Waals surface area contributed by atoms with Gasteiger partial charge in [0.25, 0.3) is 0 Å². The quantitative estimate of drug-likeness (QED) is 0.794. The van der Waals surface area contributed by atoms with Gasteiger partial charge in [-0.1, -0.05) is 13.8 Å². The van der Waals surface area contributed by atoms with Gasteiger partial charge in [0.05, 0.1) is 11.5 Å². The Morgan fingerprint density at radius 3 is 2.32 bits per heavy atom. The van der Waals surface area contributed by atoms with Crippen LogP contribution in [-0.2, 0) is 10.0 Å². The van der Waals surface area contributed by atoms with Gasteiger partial charge >= 0.3 is 0 Å². The van der Waals surface area contributed by atoms with Gasteiger partial charge in [0.1, 0.15) is 5.75 Å². The van der Waals surface area contributed by atoms with Crippen molar-refractivity contribution in [1.82, 2.24) is 4.31 Å². The molecule has 0 radical (unpaired) electrons. The highest BCUT2D eigenvalue weighted by Crippen LogP contribution is 2.36. The van der Waals surface area contributed by atoms with Crippen molar-refractivity contribution >= 4 is 10.0 Å². The molecule has 124 valence electrons. The number of nitrogens with two attached hydrogens (primary N) is 1. The van der Waals surface area contributed by atoms with E-state index in [-0.39, 0.29) is 10.9 Å². The second-order valence-corrected chi connectivity index (χ2v) is 8.34. The van der Waals surface area contributed by atoms with E-state index in [1.54, 1.807) is 31.3 Å². The molecule has 0 bridgehead atoms. The van der Waals surface area contributed by atoms with Crippen LogP contribution < -0.4 is 10.5 Å². The molecule has 1 saturated carbocycles. The van der Waals surface area contributed by atoms with Crippen LogP contribution in [0.4, 0.5) is 0 Å². The molecule has 2 rings (SSSR count). The molecule has 1 aromatic carbocycles. The van der Waals surface area contributed by atoms with Crippen molar-refractivity contribution in [2.75, 3.05) is 20.2 Å². The smallest absolute Gasteiger partial charge is 0.243 e. The Balaban J connectivity index is 2.11. The molecule has 0 spiro atoms. The first-order valence-corrected chi connectivity index (χ1v) is 9.21. The van der Waals surface area contributed by atoms with Crippen molar-refractivity contribution in [3.05, 3.63) is 24.3 Å². The number of ether oxygens (including phenoxy) is 1. The molecule has 6 heteroatoms. The lowest BCUT2D eigenvalue weighted by Gasteiger charge is -2.26. The minimum atomic E-state index is -3.51. The Kier molecular flexibility index (Phi) is 5.47. The molecule has 2 N–H and O–H groups in total. The number of hydrogen-bond acceptors (Lipinski definition) is 4. The van der Waals surface area contributed by atoms with Crippen LogP contribution in [0.25, 0.3) is 0 Å². The van der Waals surface area contributed by atoms with Crippen LogP contribution in [0, 0.1) is 11.8 Å². The molecule has 5 nitrogen and oxygen atoms in total. The zero-order chi connectivity index (χ0) is 16.3. The number of rotatable bonds is 8. The Hall–Kier alpha value is -1.11. The lowest BCUT2D eigenvalue weighted by atomic mass is 10.2. The Morgan fingerprint density at radius 1 is 1.27 bits per heavy atom. The summed E-state index contributed by atoms with van der Waals surface area (Å²) in [6.45, 7) is 5.11. The highest BCUT2D eigenvalue weighted by molar-refractivity contribution is 7.89. The van der Waals surface area contributed by atoms with Gasteiger partial charge in [0.15, 0.2) is 0 Å². The molecular formula is C16H26N2O3S. The van der Waals surface area contributed by atoms with Crippen molar-refractivity contribution < 1.29 is 13.2 Å². The van der Waals surface area contributed by atoms with E-state index in [0.29, 0.717) is 30.7 Å². The largest absolute Gasteiger partial charge is 0.493 e. The summed E-state index contributed by atoms with van der Waals surface area (Å²) in [5.41, 5.74) is 5.76. The molecule has 1 aliphatic carbocycles. The first-order chi connectivity index (χ1) is 10.4. The maximum atomic E-state index is 12.7. The summed E-state index contributed by atoms with van der Waals surface area (Å²) in [7, 11) is -1.89. The van der Waals surface area contributed by atoms with Gasteiger partial charge in [-0.3, -0.25) is 0 Å². The third kappa shape index (κ3) is 4.00. The molecule has 0 aromatic heterocycles. The van der Waals surface area contributed by atoms with Gasteiger partial charge in [-0.15, -0.1) is 0 Å². The minimum Gasteiger partial charge on any atom is -0.493 e. The van der Waals surface area contributed by atoms with E-state index in [1.807, 2.05) is 0 Å². The molecular weight excluding hydrogens is 300 g/mol. The molecule has 1 aromatic rings. The zero-order valence-corrected chi connectivity index (χ0v) is 14.3. The van der Waals surface area contributed by atoms with E-state index in [1.165, 1.54) is 4.31 Å². The van der Waals surface area contributed by atoms with Crippen LogP contribution in [0.5, 0.6) is 5.75 Å². The monoisotopic (exact) mass is 326 g/mol. The zero-order valence-electron chi connectivity index (χ0n) is 13.5. The van der Waals surface area contributed by atoms with Crippen molar-refractivity contribution in [2.24, 2.45) is 17.6 Å². The number of benzene rings is 1. The van der Waals surface area contributed by atoms with Gasteiger partial charge in [-0.25, -0.2) is 8.42 Å². The summed E-state index contributed by atoms with van der Waals surface area (Å²) in [4.78, 5) is 0.283. The fraction of sp³-hybridized carbons (Fsp3) is 0.625. The SMILES string of the molecule is CC(C)COc1ccc(S(=O)(=O)N(C)C(CN)C2CC2)cc1. The molecule has 1 aliphatic rings. The van der Waals surface area contributed by atoms with Gasteiger partial charge in [0.2, 0.25) is 10.0 Å². The Bertz CT molecular complexity index is 580. The maximum absolute atomic E-state index is 12.7. The van der Waals surface area contributed by atoms with Gasteiger partial charge in [-0.05, 0) is 48.9 Å². The number of sulfonamides is 1. The predicted octanol–water partition coefficient (Wildman–Crippen LogP) is 2.08. The Morgan fingerprint density at radius 2 is 1.86 bits per heavy atom. The van der Waals surface area contributed by atoms with Crippen LogP contribution in [0.2, 0.25) is 0 Å². The van der Waals surface area contributed by atoms with E-state index in [2.05, 4.69) is 13.8 Å². The third-order valence-electron chi connectivity index (χ3n) is 3.96. The van der Waals surface area contributed by atoms with Crippen molar-refractivity contribution in [2.45, 2.75) is 37.6 Å². The summed E-state index contributed by atoms with van der Waals surface area (Å²) in [5, 5.41) is 0. The summed E-state index contributed by atoms with van der Waals surface area (Å²) in [6, 6.07) is 6.50. The molecule has 0 heterocycles. The van der Waals surface area contributed by atoms with E-state index in [0.717, 1.165) is 12.8 Å². The van der Waals surface area contributed by atoms with Crippen molar-refractivity contribution in [3.8, 4) is 5.75 Å². The van der Waals surface area contributed by atoms with Crippen LogP contribution in [-0.4, -0.2) is 39.0 Å². The van der Waals surface area contributed by atoms with E-state index in [9.17, 15) is 8.42 Å². The Labute approximate surface area is 133 Å². The standard InChI is InChI=1S/C16H26N2O3S/c1-12(2)11-21-14-6-8-15(9-7-14)22(19,20)18(3)16(10-17)13-4-5-13/h6-9,12-13,16H,4-5,10-11,17H2,1-3H3. The lowest BCUT2D eigenvalue weighted by Crippen LogP contribution is -2.43. The van der Waals surface area contributed by atoms with E-state index >= 15 is 0 Å². The molecule has 0 amide bonds. The average Bonchev–Trinajstić information content (AvgIpc) is 3.31. The second-order valence-electron chi connectivity index (χ2n) is 6.34. The highest BCUT2D eigenvalue weighted by Gasteiger charge is 2.38. The normalized spacial score (nSPS) is 17.0. The molecule has 22 heavy (non-hydrogen) atoms. The van der Waals surface area contributed by atoms with Gasteiger partial charge < -0.3 is 10.5 Å². The van der Waals surface area contributed by atoms with Crippen LogP contribution >= 0.6 is 0 Å². The first kappa shape index (κ1) is 17.2. The van der Waals surface area contributed by atoms with Crippen LogP contribution in [0.3, 0.4) is 0 Å². The highest BCUT2D eigenvalue weighted by atomic mass is 32.2. The van der Waals surface area contributed by atoms with E-state index in [4.69, 9.17) is 10.5 Å². The summed E-state index contributed by atoms with van der Waals surface area (Å²) in [5.74, 6) is 1.52. The van der Waals surface area contributed by atoms with Crippen LogP contribution in [0.15, 0.2) is 29.2 Å². The fourth-order valence-corrected chi connectivity index (χ4v) is 3.86. The average molecular weight is 326 g/mol. The minimum absolute atomic E-state index is 0.109. The molecule has 1 fully saturated rings.